The molecule has 0 aliphatic rings. The number of esters is 2. The molecule has 1 aromatic carbocycles. The molecule has 1 rings (SSSR count). The number of ether oxygens (including phenoxy) is 3. The van der Waals surface area contributed by atoms with Gasteiger partial charge in [-0.1, -0.05) is 32.0 Å². The zero-order chi connectivity index (χ0) is 18.8. The van der Waals surface area contributed by atoms with Crippen molar-refractivity contribution in [3.05, 3.63) is 47.6 Å². The van der Waals surface area contributed by atoms with Crippen LogP contribution in [-0.2, 0) is 19.1 Å². The number of hydrogen-bond acceptors (Lipinski definition) is 5. The fraction of sp³-hybridized carbons (Fsp3) is 0.400. The Labute approximate surface area is 149 Å². The smallest absolute Gasteiger partial charge is 0.334 e. The van der Waals surface area contributed by atoms with E-state index in [1.54, 1.807) is 12.2 Å². The van der Waals surface area contributed by atoms with Crippen LogP contribution in [0.2, 0.25) is 0 Å². The quantitative estimate of drug-likeness (QED) is 0.529. The van der Waals surface area contributed by atoms with Gasteiger partial charge in [0.2, 0.25) is 0 Å². The number of carbonyl (C=O) groups is 2. The summed E-state index contributed by atoms with van der Waals surface area (Å²) in [6, 6.07) is 7.39. The maximum Gasteiger partial charge on any atom is 0.334 e. The predicted octanol–water partition coefficient (Wildman–Crippen LogP) is 3.79. The molecule has 0 fully saturated rings. The van der Waals surface area contributed by atoms with Crippen LogP contribution in [0.4, 0.5) is 0 Å². The van der Waals surface area contributed by atoms with Gasteiger partial charge in [0, 0.05) is 17.2 Å². The van der Waals surface area contributed by atoms with Crippen LogP contribution in [0.1, 0.15) is 33.3 Å². The maximum absolute atomic E-state index is 12.3. The van der Waals surface area contributed by atoms with E-state index in [-0.39, 0.29) is 24.6 Å². The Kier molecular flexibility index (Phi) is 8.47. The lowest BCUT2D eigenvalue weighted by Gasteiger charge is -2.14. The lowest BCUT2D eigenvalue weighted by molar-refractivity contribution is -0.143. The molecule has 136 valence electrons. The highest BCUT2D eigenvalue weighted by Gasteiger charge is 2.17. The van der Waals surface area contributed by atoms with Crippen molar-refractivity contribution in [2.75, 3.05) is 13.7 Å². The van der Waals surface area contributed by atoms with E-state index >= 15 is 0 Å². The van der Waals surface area contributed by atoms with Crippen LogP contribution in [0.3, 0.4) is 0 Å². The van der Waals surface area contributed by atoms with Gasteiger partial charge in [-0.3, -0.25) is 0 Å². The molecule has 0 saturated heterocycles. The molecule has 0 saturated carbocycles. The van der Waals surface area contributed by atoms with Crippen LogP contribution < -0.4 is 4.74 Å². The second-order valence-corrected chi connectivity index (χ2v) is 5.98. The van der Waals surface area contributed by atoms with E-state index in [4.69, 9.17) is 9.47 Å². The monoisotopic (exact) mass is 346 g/mol. The fourth-order valence-corrected chi connectivity index (χ4v) is 1.99. The highest BCUT2D eigenvalue weighted by molar-refractivity contribution is 5.94. The summed E-state index contributed by atoms with van der Waals surface area (Å²) in [7, 11) is 1.32. The largest absolute Gasteiger partial charge is 0.489 e. The minimum atomic E-state index is -0.435. The molecule has 1 aromatic rings. The van der Waals surface area contributed by atoms with Crippen LogP contribution in [-0.4, -0.2) is 31.8 Å². The molecule has 5 heteroatoms. The summed E-state index contributed by atoms with van der Waals surface area (Å²) in [5, 5.41) is 0. The molecule has 0 aliphatic heterocycles. The number of carbonyl (C=O) groups excluding carboxylic acids is 2. The third-order valence-electron chi connectivity index (χ3n) is 3.22. The van der Waals surface area contributed by atoms with Crippen molar-refractivity contribution in [2.24, 2.45) is 5.92 Å². The summed E-state index contributed by atoms with van der Waals surface area (Å²) in [5.41, 5.74) is 1.35. The molecule has 0 heterocycles. The number of hydrogen-bond donors (Lipinski definition) is 0. The first kappa shape index (κ1) is 20.5. The SMILES string of the molecule is COC(=O)/C=C/COc1ccccc1/C=C(/C(=O)OC(C)C)C(C)C. The van der Waals surface area contributed by atoms with Gasteiger partial charge in [-0.25, -0.2) is 9.59 Å². The zero-order valence-corrected chi connectivity index (χ0v) is 15.4. The second-order valence-electron chi connectivity index (χ2n) is 5.98. The van der Waals surface area contributed by atoms with E-state index in [2.05, 4.69) is 4.74 Å². The van der Waals surface area contributed by atoms with Crippen LogP contribution >= 0.6 is 0 Å². The summed E-state index contributed by atoms with van der Waals surface area (Å²) in [6.07, 6.45) is 4.49. The Bertz CT molecular complexity index is 641. The summed E-state index contributed by atoms with van der Waals surface area (Å²) < 4.78 is 15.5. The van der Waals surface area contributed by atoms with E-state index in [0.29, 0.717) is 11.3 Å². The number of methoxy groups -OCH3 is 1. The van der Waals surface area contributed by atoms with Crippen molar-refractivity contribution in [2.45, 2.75) is 33.8 Å². The van der Waals surface area contributed by atoms with Crippen molar-refractivity contribution in [1.29, 1.82) is 0 Å². The fourth-order valence-electron chi connectivity index (χ4n) is 1.99. The average Bonchev–Trinajstić information content (AvgIpc) is 2.56. The topological polar surface area (TPSA) is 61.8 Å². The summed E-state index contributed by atoms with van der Waals surface area (Å²) in [5.74, 6) is -0.133. The lowest BCUT2D eigenvalue weighted by Crippen LogP contribution is -2.16. The van der Waals surface area contributed by atoms with Gasteiger partial charge in [0.25, 0.3) is 0 Å². The van der Waals surface area contributed by atoms with Gasteiger partial charge in [0.1, 0.15) is 12.4 Å². The van der Waals surface area contributed by atoms with Gasteiger partial charge in [-0.15, -0.1) is 0 Å². The first-order valence-corrected chi connectivity index (χ1v) is 8.24. The Morgan fingerprint density at radius 1 is 1.12 bits per heavy atom. The van der Waals surface area contributed by atoms with Gasteiger partial charge in [-0.2, -0.15) is 0 Å². The van der Waals surface area contributed by atoms with E-state index < -0.39 is 5.97 Å². The number of benzene rings is 1. The molecule has 0 bridgehead atoms. The van der Waals surface area contributed by atoms with Gasteiger partial charge in [0.15, 0.2) is 0 Å². The predicted molar refractivity (Wildman–Crippen MR) is 97.1 cm³/mol. The number of para-hydroxylation sites is 1. The molecule has 0 amide bonds. The van der Waals surface area contributed by atoms with Gasteiger partial charge >= 0.3 is 11.9 Å². The molecule has 25 heavy (non-hydrogen) atoms. The molecule has 0 N–H and O–H groups in total. The molecule has 0 atom stereocenters. The standard InChI is InChI=1S/C20H26O5/c1-14(2)17(20(22)25-15(3)4)13-16-9-6-7-10-18(16)24-12-8-11-19(21)23-5/h6-11,13-15H,12H2,1-5H3/b11-8+,17-13+. The minimum Gasteiger partial charge on any atom is -0.489 e. The molecular weight excluding hydrogens is 320 g/mol. The molecule has 0 aromatic heterocycles. The second kappa shape index (κ2) is 10.3. The third-order valence-corrected chi connectivity index (χ3v) is 3.22. The van der Waals surface area contributed by atoms with Crippen LogP contribution in [0, 0.1) is 5.92 Å². The van der Waals surface area contributed by atoms with Gasteiger partial charge < -0.3 is 14.2 Å². The highest BCUT2D eigenvalue weighted by Crippen LogP contribution is 2.24. The van der Waals surface area contributed by atoms with Crippen LogP contribution in [0.25, 0.3) is 6.08 Å². The normalized spacial score (nSPS) is 11.9. The minimum absolute atomic E-state index is 0.0125. The van der Waals surface area contributed by atoms with Crippen molar-refractivity contribution in [1.82, 2.24) is 0 Å². The molecule has 0 unspecified atom stereocenters. The zero-order valence-electron chi connectivity index (χ0n) is 15.4. The van der Waals surface area contributed by atoms with E-state index in [9.17, 15) is 9.59 Å². The van der Waals surface area contributed by atoms with Crippen molar-refractivity contribution in [3.63, 3.8) is 0 Å². The first-order chi connectivity index (χ1) is 11.8. The Morgan fingerprint density at radius 2 is 1.80 bits per heavy atom. The highest BCUT2D eigenvalue weighted by atomic mass is 16.5. The third kappa shape index (κ3) is 7.25. The van der Waals surface area contributed by atoms with Gasteiger partial charge in [-0.05, 0) is 38.0 Å². The van der Waals surface area contributed by atoms with Crippen molar-refractivity contribution >= 4 is 18.0 Å². The molecule has 0 radical (unpaired) electrons. The molecular formula is C20H26O5. The van der Waals surface area contributed by atoms with Crippen LogP contribution in [0.15, 0.2) is 42.0 Å². The maximum atomic E-state index is 12.3. The Balaban J connectivity index is 2.97. The molecule has 5 nitrogen and oxygen atoms in total. The van der Waals surface area contributed by atoms with Crippen molar-refractivity contribution < 1.29 is 23.8 Å². The summed E-state index contributed by atoms with van der Waals surface area (Å²) in [6.45, 7) is 7.74. The molecule has 0 spiro atoms. The number of rotatable bonds is 8. The summed E-state index contributed by atoms with van der Waals surface area (Å²) in [4.78, 5) is 23.3. The Hall–Kier alpha value is -2.56. The summed E-state index contributed by atoms with van der Waals surface area (Å²) >= 11 is 0. The molecule has 0 aliphatic carbocycles. The Morgan fingerprint density at radius 3 is 2.40 bits per heavy atom. The van der Waals surface area contributed by atoms with E-state index in [1.807, 2.05) is 52.0 Å². The van der Waals surface area contributed by atoms with Crippen LogP contribution in [0.5, 0.6) is 5.75 Å². The van der Waals surface area contributed by atoms with Gasteiger partial charge in [0.05, 0.1) is 13.2 Å². The lowest BCUT2D eigenvalue weighted by atomic mass is 10.00. The van der Waals surface area contributed by atoms with E-state index in [0.717, 1.165) is 5.56 Å². The first-order valence-electron chi connectivity index (χ1n) is 8.24. The van der Waals surface area contributed by atoms with Crippen molar-refractivity contribution in [3.8, 4) is 5.75 Å². The van der Waals surface area contributed by atoms with E-state index in [1.165, 1.54) is 13.2 Å². The average molecular weight is 346 g/mol.